The lowest BCUT2D eigenvalue weighted by Gasteiger charge is -2.27. The molecule has 1 aromatic heterocycles. The van der Waals surface area contributed by atoms with E-state index in [9.17, 15) is 4.79 Å². The third kappa shape index (κ3) is 5.01. The van der Waals surface area contributed by atoms with E-state index in [1.807, 2.05) is 42.5 Å². The lowest BCUT2D eigenvalue weighted by Crippen LogP contribution is -2.41. The number of anilines is 1. The minimum absolute atomic E-state index is 0.152. The zero-order valence-corrected chi connectivity index (χ0v) is 14.2. The average molecular weight is 340 g/mol. The Morgan fingerprint density at radius 3 is 2.60 bits per heavy atom. The van der Waals surface area contributed by atoms with Gasteiger partial charge in [-0.2, -0.15) is 0 Å². The predicted molar refractivity (Wildman–Crippen MR) is 97.2 cm³/mol. The van der Waals surface area contributed by atoms with Crippen molar-refractivity contribution in [1.29, 1.82) is 0 Å². The fourth-order valence-electron chi connectivity index (χ4n) is 2.78. The summed E-state index contributed by atoms with van der Waals surface area (Å²) in [6.07, 6.45) is 2.33. The summed E-state index contributed by atoms with van der Waals surface area (Å²) in [6.45, 7) is 3.62. The van der Waals surface area contributed by atoms with Gasteiger partial charge >= 0.3 is 0 Å². The molecule has 2 aromatic rings. The van der Waals surface area contributed by atoms with Crippen LogP contribution in [-0.4, -0.2) is 43.2 Å². The van der Waals surface area contributed by atoms with Crippen molar-refractivity contribution >= 4 is 11.7 Å². The standard InChI is InChI=1S/C19H24N4O2/c20-17(12-15-4-2-1-3-5-15)19(24)22-14-16-6-7-18(21-13-16)23-8-10-25-11-9-23/h1-7,13,17H,8-12,14,20H2,(H,22,24)/t17-/m0/s1. The molecule has 132 valence electrons. The van der Waals surface area contributed by atoms with Crippen LogP contribution in [-0.2, 0) is 22.5 Å². The van der Waals surface area contributed by atoms with Gasteiger partial charge in [0.05, 0.1) is 19.3 Å². The van der Waals surface area contributed by atoms with Crippen LogP contribution in [0, 0.1) is 0 Å². The number of nitrogens with two attached hydrogens (primary N) is 1. The van der Waals surface area contributed by atoms with Gasteiger partial charge in [0.15, 0.2) is 0 Å². The molecule has 0 unspecified atom stereocenters. The van der Waals surface area contributed by atoms with Crippen LogP contribution in [0.2, 0.25) is 0 Å². The largest absolute Gasteiger partial charge is 0.378 e. The molecular formula is C19H24N4O2. The first-order valence-corrected chi connectivity index (χ1v) is 8.57. The van der Waals surface area contributed by atoms with E-state index in [1.54, 1.807) is 6.20 Å². The number of ether oxygens (including phenoxy) is 1. The second-order valence-electron chi connectivity index (χ2n) is 6.14. The third-order valence-corrected chi connectivity index (χ3v) is 4.25. The first kappa shape index (κ1) is 17.4. The van der Waals surface area contributed by atoms with Gasteiger partial charge in [-0.25, -0.2) is 4.98 Å². The van der Waals surface area contributed by atoms with Crippen LogP contribution in [0.1, 0.15) is 11.1 Å². The number of carbonyl (C=O) groups excluding carboxylic acids is 1. The Bertz CT molecular complexity index is 670. The zero-order valence-electron chi connectivity index (χ0n) is 14.2. The molecule has 3 N–H and O–H groups in total. The Hall–Kier alpha value is -2.44. The van der Waals surface area contributed by atoms with E-state index in [0.29, 0.717) is 13.0 Å². The van der Waals surface area contributed by atoms with Crippen LogP contribution in [0.25, 0.3) is 0 Å². The van der Waals surface area contributed by atoms with Crippen molar-refractivity contribution in [2.45, 2.75) is 19.0 Å². The fourth-order valence-corrected chi connectivity index (χ4v) is 2.78. The molecule has 1 aliphatic heterocycles. The summed E-state index contributed by atoms with van der Waals surface area (Å²) in [5.74, 6) is 0.792. The minimum atomic E-state index is -0.553. The maximum atomic E-state index is 12.2. The van der Waals surface area contributed by atoms with Crippen LogP contribution in [0.4, 0.5) is 5.82 Å². The van der Waals surface area contributed by atoms with Crippen LogP contribution in [0.15, 0.2) is 48.7 Å². The van der Waals surface area contributed by atoms with Gasteiger partial charge in [-0.1, -0.05) is 36.4 Å². The summed E-state index contributed by atoms with van der Waals surface area (Å²) in [6, 6.07) is 13.2. The maximum Gasteiger partial charge on any atom is 0.237 e. The molecular weight excluding hydrogens is 316 g/mol. The lowest BCUT2D eigenvalue weighted by atomic mass is 10.1. The highest BCUT2D eigenvalue weighted by atomic mass is 16.5. The van der Waals surface area contributed by atoms with Gasteiger partial charge in [-0.3, -0.25) is 4.79 Å². The smallest absolute Gasteiger partial charge is 0.237 e. The van der Waals surface area contributed by atoms with Crippen molar-refractivity contribution < 1.29 is 9.53 Å². The molecule has 0 bridgehead atoms. The van der Waals surface area contributed by atoms with Gasteiger partial charge in [-0.05, 0) is 23.6 Å². The number of amides is 1. The fraction of sp³-hybridized carbons (Fsp3) is 0.368. The predicted octanol–water partition coefficient (Wildman–Crippen LogP) is 1.10. The van der Waals surface area contributed by atoms with Crippen molar-refractivity contribution in [1.82, 2.24) is 10.3 Å². The number of hydrogen-bond donors (Lipinski definition) is 2. The van der Waals surface area contributed by atoms with E-state index in [1.165, 1.54) is 0 Å². The van der Waals surface area contributed by atoms with Crippen molar-refractivity contribution in [3.8, 4) is 0 Å². The van der Waals surface area contributed by atoms with Crippen LogP contribution < -0.4 is 16.0 Å². The highest BCUT2D eigenvalue weighted by molar-refractivity contribution is 5.81. The quantitative estimate of drug-likeness (QED) is 0.823. The Balaban J connectivity index is 1.48. The topological polar surface area (TPSA) is 80.5 Å². The first-order chi connectivity index (χ1) is 12.2. The molecule has 2 heterocycles. The minimum Gasteiger partial charge on any atom is -0.378 e. The second-order valence-corrected chi connectivity index (χ2v) is 6.14. The summed E-state index contributed by atoms with van der Waals surface area (Å²) >= 11 is 0. The molecule has 1 fully saturated rings. The van der Waals surface area contributed by atoms with E-state index >= 15 is 0 Å². The van der Waals surface area contributed by atoms with E-state index in [4.69, 9.17) is 10.5 Å². The molecule has 1 atom stereocenters. The van der Waals surface area contributed by atoms with Gasteiger partial charge in [0, 0.05) is 25.8 Å². The van der Waals surface area contributed by atoms with Crippen molar-refractivity contribution in [3.63, 3.8) is 0 Å². The Labute approximate surface area is 148 Å². The Morgan fingerprint density at radius 2 is 1.92 bits per heavy atom. The van der Waals surface area contributed by atoms with E-state index in [0.717, 1.165) is 43.2 Å². The van der Waals surface area contributed by atoms with Crippen LogP contribution in [0.3, 0.4) is 0 Å². The Kier molecular flexibility index (Phi) is 5.98. The zero-order chi connectivity index (χ0) is 17.5. The number of pyridine rings is 1. The van der Waals surface area contributed by atoms with Gasteiger partial charge < -0.3 is 20.7 Å². The number of rotatable bonds is 6. The van der Waals surface area contributed by atoms with Crippen LogP contribution in [0.5, 0.6) is 0 Å². The van der Waals surface area contributed by atoms with Crippen molar-refractivity contribution in [3.05, 3.63) is 59.8 Å². The molecule has 0 radical (unpaired) electrons. The maximum absolute atomic E-state index is 12.2. The van der Waals surface area contributed by atoms with Crippen LogP contribution >= 0.6 is 0 Å². The van der Waals surface area contributed by atoms with E-state index in [2.05, 4.69) is 15.2 Å². The summed E-state index contributed by atoms with van der Waals surface area (Å²) in [5.41, 5.74) is 8.00. The van der Waals surface area contributed by atoms with E-state index in [-0.39, 0.29) is 5.91 Å². The normalized spacial score (nSPS) is 15.6. The summed E-state index contributed by atoms with van der Waals surface area (Å²) < 4.78 is 5.35. The number of hydrogen-bond acceptors (Lipinski definition) is 5. The third-order valence-electron chi connectivity index (χ3n) is 4.25. The summed E-state index contributed by atoms with van der Waals surface area (Å²) in [5, 5.41) is 2.88. The highest BCUT2D eigenvalue weighted by Crippen LogP contribution is 2.13. The monoisotopic (exact) mass is 340 g/mol. The average Bonchev–Trinajstić information content (AvgIpc) is 2.68. The second kappa shape index (κ2) is 8.60. The van der Waals surface area contributed by atoms with E-state index < -0.39 is 6.04 Å². The number of aromatic nitrogens is 1. The molecule has 3 rings (SSSR count). The summed E-state index contributed by atoms with van der Waals surface area (Å²) in [7, 11) is 0. The molecule has 0 aliphatic carbocycles. The molecule has 6 nitrogen and oxygen atoms in total. The number of nitrogens with zero attached hydrogens (tertiary/aromatic N) is 2. The molecule has 6 heteroatoms. The lowest BCUT2D eigenvalue weighted by molar-refractivity contribution is -0.122. The number of nitrogens with one attached hydrogen (secondary N) is 1. The van der Waals surface area contributed by atoms with Gasteiger partial charge in [0.2, 0.25) is 5.91 Å². The Morgan fingerprint density at radius 1 is 1.16 bits per heavy atom. The first-order valence-electron chi connectivity index (χ1n) is 8.57. The number of morpholine rings is 1. The number of carbonyl (C=O) groups is 1. The highest BCUT2D eigenvalue weighted by Gasteiger charge is 2.14. The molecule has 1 saturated heterocycles. The SMILES string of the molecule is N[C@@H](Cc1ccccc1)C(=O)NCc1ccc(N2CCOCC2)nc1. The van der Waals surface area contributed by atoms with Gasteiger partial charge in [0.1, 0.15) is 5.82 Å². The molecule has 1 aliphatic rings. The van der Waals surface area contributed by atoms with Crippen molar-refractivity contribution in [2.24, 2.45) is 5.73 Å². The molecule has 25 heavy (non-hydrogen) atoms. The molecule has 1 aromatic carbocycles. The van der Waals surface area contributed by atoms with Gasteiger partial charge in [-0.15, -0.1) is 0 Å². The number of benzene rings is 1. The molecule has 1 amide bonds. The molecule has 0 saturated carbocycles. The summed E-state index contributed by atoms with van der Waals surface area (Å²) in [4.78, 5) is 18.8. The van der Waals surface area contributed by atoms with Gasteiger partial charge in [0.25, 0.3) is 0 Å². The molecule has 0 spiro atoms. The van der Waals surface area contributed by atoms with Crippen molar-refractivity contribution in [2.75, 3.05) is 31.2 Å².